The molecule has 1 rings (SSSR count). The van der Waals surface area contributed by atoms with Crippen LogP contribution in [0.15, 0.2) is 11.3 Å². The molecule has 0 unspecified atom stereocenters. The number of nitrogens with zero attached hydrogens (tertiary/aromatic N) is 3. The average Bonchev–Trinajstić information content (AvgIpc) is 2.83. The number of ketones is 1. The molecule has 0 saturated carbocycles. The van der Waals surface area contributed by atoms with Gasteiger partial charge in [-0.25, -0.2) is 4.98 Å². The number of rotatable bonds is 6. The van der Waals surface area contributed by atoms with Crippen LogP contribution in [0.1, 0.15) is 16.2 Å². The van der Waals surface area contributed by atoms with Crippen molar-refractivity contribution in [2.75, 3.05) is 24.3 Å². The summed E-state index contributed by atoms with van der Waals surface area (Å²) in [6.45, 7) is 2.38. The molecule has 0 fully saturated rings. The Hall–Kier alpha value is -1.46. The van der Waals surface area contributed by atoms with Crippen molar-refractivity contribution >= 4 is 34.5 Å². The van der Waals surface area contributed by atoms with Gasteiger partial charge in [-0.15, -0.1) is 0 Å². The van der Waals surface area contributed by atoms with Crippen LogP contribution in [-0.4, -0.2) is 45.2 Å². The number of aliphatic imine (C=N–C) groups is 1. The van der Waals surface area contributed by atoms with Crippen LogP contribution in [0.3, 0.4) is 0 Å². The molecular formula is C11H15N5OS2. The lowest BCUT2D eigenvalue weighted by atomic mass is 10.3. The van der Waals surface area contributed by atoms with Crippen molar-refractivity contribution in [3.05, 3.63) is 17.7 Å². The van der Waals surface area contributed by atoms with Crippen LogP contribution in [0.2, 0.25) is 0 Å². The highest BCUT2D eigenvalue weighted by molar-refractivity contribution is 8.13. The minimum atomic E-state index is 0.0456. The molecule has 1 aromatic heterocycles. The Morgan fingerprint density at radius 2 is 2.47 bits per heavy atom. The normalized spacial score (nSPS) is 11.1. The molecule has 0 aliphatic heterocycles. The number of aryl methyl sites for hydroxylation is 1. The van der Waals surface area contributed by atoms with Gasteiger partial charge in [0, 0.05) is 5.75 Å². The number of imidazole rings is 1. The van der Waals surface area contributed by atoms with Crippen LogP contribution < -0.4 is 5.32 Å². The Labute approximate surface area is 120 Å². The Morgan fingerprint density at radius 3 is 3.05 bits per heavy atom. The van der Waals surface area contributed by atoms with E-state index in [0.29, 0.717) is 23.2 Å². The number of H-pyrrole nitrogens is 1. The third kappa shape index (κ3) is 5.36. The van der Waals surface area contributed by atoms with Crippen molar-refractivity contribution in [3.63, 3.8) is 0 Å². The van der Waals surface area contributed by atoms with E-state index in [0.717, 1.165) is 11.4 Å². The minimum absolute atomic E-state index is 0.0456. The minimum Gasteiger partial charge on any atom is -0.342 e. The van der Waals surface area contributed by atoms with E-state index in [1.54, 1.807) is 6.92 Å². The van der Waals surface area contributed by atoms with Gasteiger partial charge in [0.05, 0.1) is 24.3 Å². The maximum Gasteiger partial charge on any atom is 0.190 e. The Morgan fingerprint density at radius 1 is 1.68 bits per heavy atom. The molecular weight excluding hydrogens is 282 g/mol. The summed E-state index contributed by atoms with van der Waals surface area (Å²) in [7, 11) is 0. The topological polar surface area (TPSA) is 93.9 Å². The van der Waals surface area contributed by atoms with Gasteiger partial charge < -0.3 is 4.98 Å². The van der Waals surface area contributed by atoms with Crippen molar-refractivity contribution in [1.82, 2.24) is 15.3 Å². The van der Waals surface area contributed by atoms with Gasteiger partial charge >= 0.3 is 0 Å². The van der Waals surface area contributed by atoms with Crippen LogP contribution in [0, 0.1) is 18.4 Å². The first kappa shape index (κ1) is 15.6. The highest BCUT2D eigenvalue weighted by Crippen LogP contribution is 2.08. The number of aromatic amines is 1. The second-order valence-corrected chi connectivity index (χ2v) is 5.37. The SMILES string of the molecule is CSC(=NCCSCC(=O)c1[nH]cnc1C)NC#N. The van der Waals surface area contributed by atoms with E-state index in [1.807, 2.05) is 12.4 Å². The molecule has 6 nitrogen and oxygen atoms in total. The summed E-state index contributed by atoms with van der Waals surface area (Å²) in [5.41, 5.74) is 1.30. The fourth-order valence-electron chi connectivity index (χ4n) is 1.30. The zero-order valence-corrected chi connectivity index (χ0v) is 12.4. The Balaban J connectivity index is 2.27. The van der Waals surface area contributed by atoms with Crippen LogP contribution in [0.5, 0.6) is 0 Å². The molecule has 1 heterocycles. The number of nitrogens with one attached hydrogen (secondary N) is 2. The summed E-state index contributed by atoms with van der Waals surface area (Å²) in [5, 5.41) is 11.5. The first-order valence-electron chi connectivity index (χ1n) is 5.53. The number of carbonyl (C=O) groups excluding carboxylic acids is 1. The quantitative estimate of drug-likeness (QED) is 0.206. The molecule has 2 N–H and O–H groups in total. The Bertz CT molecular complexity index is 492. The molecule has 0 aromatic carbocycles. The number of carbonyl (C=O) groups is 1. The number of nitriles is 1. The summed E-state index contributed by atoms with van der Waals surface area (Å²) in [4.78, 5) is 22.8. The van der Waals surface area contributed by atoms with Crippen LogP contribution >= 0.6 is 23.5 Å². The van der Waals surface area contributed by atoms with Gasteiger partial charge in [0.2, 0.25) is 0 Å². The first-order valence-corrected chi connectivity index (χ1v) is 7.91. The Kier molecular flexibility index (Phi) is 7.07. The summed E-state index contributed by atoms with van der Waals surface area (Å²) in [5.74, 6) is 1.18. The van der Waals surface area contributed by atoms with Crippen LogP contribution in [0.25, 0.3) is 0 Å². The van der Waals surface area contributed by atoms with Crippen molar-refractivity contribution in [1.29, 1.82) is 5.26 Å². The number of hydrogen-bond acceptors (Lipinski definition) is 6. The number of hydrogen-bond donors (Lipinski definition) is 2. The maximum absolute atomic E-state index is 11.8. The number of aromatic nitrogens is 2. The third-order valence-electron chi connectivity index (χ3n) is 2.19. The summed E-state index contributed by atoms with van der Waals surface area (Å²) >= 11 is 2.90. The fourth-order valence-corrected chi connectivity index (χ4v) is 2.36. The van der Waals surface area contributed by atoms with Crippen molar-refractivity contribution in [2.24, 2.45) is 4.99 Å². The van der Waals surface area contributed by atoms with Crippen molar-refractivity contribution < 1.29 is 4.79 Å². The fraction of sp³-hybridized carbons (Fsp3) is 0.455. The first-order chi connectivity index (χ1) is 9.19. The lowest BCUT2D eigenvalue weighted by Gasteiger charge is -2.01. The molecule has 0 amide bonds. The van der Waals surface area contributed by atoms with E-state index >= 15 is 0 Å². The van der Waals surface area contributed by atoms with Crippen molar-refractivity contribution in [2.45, 2.75) is 6.92 Å². The predicted molar refractivity (Wildman–Crippen MR) is 79.5 cm³/mol. The highest BCUT2D eigenvalue weighted by atomic mass is 32.2. The van der Waals surface area contributed by atoms with Crippen molar-refractivity contribution in [3.8, 4) is 6.19 Å². The standard InChI is InChI=1S/C11H15N5OS2/c1-8-10(16-7-15-8)9(17)5-19-4-3-13-11(18-2)14-6-12/h7H,3-5H2,1-2H3,(H,13,14)(H,15,16). The van der Waals surface area contributed by atoms with Gasteiger partial charge in [0.1, 0.15) is 5.69 Å². The molecule has 0 atom stereocenters. The molecule has 0 bridgehead atoms. The summed E-state index contributed by atoms with van der Waals surface area (Å²) < 4.78 is 0. The third-order valence-corrected chi connectivity index (χ3v) is 3.74. The molecule has 1 aromatic rings. The molecule has 0 aliphatic rings. The van der Waals surface area contributed by atoms with Gasteiger partial charge in [0.25, 0.3) is 0 Å². The van der Waals surface area contributed by atoms with E-state index < -0.39 is 0 Å². The van der Waals surface area contributed by atoms with E-state index in [-0.39, 0.29) is 5.78 Å². The highest BCUT2D eigenvalue weighted by Gasteiger charge is 2.10. The maximum atomic E-state index is 11.8. The predicted octanol–water partition coefficient (Wildman–Crippen LogP) is 1.42. The van der Waals surface area contributed by atoms with Gasteiger partial charge in [-0.2, -0.15) is 17.0 Å². The average molecular weight is 297 g/mol. The molecule has 102 valence electrons. The second-order valence-electron chi connectivity index (χ2n) is 3.47. The molecule has 0 aliphatic carbocycles. The lowest BCUT2D eigenvalue weighted by molar-refractivity contribution is 0.101. The monoisotopic (exact) mass is 297 g/mol. The van der Waals surface area contributed by atoms with Gasteiger partial charge in [-0.1, -0.05) is 11.8 Å². The second kappa shape index (κ2) is 8.61. The molecule has 0 saturated heterocycles. The lowest BCUT2D eigenvalue weighted by Crippen LogP contribution is -2.14. The van der Waals surface area contributed by atoms with E-state index in [9.17, 15) is 4.79 Å². The number of Topliss-reactive ketones (excluding diaryl/α,β-unsaturated/α-hetero) is 1. The van der Waals surface area contributed by atoms with Crippen LogP contribution in [-0.2, 0) is 0 Å². The summed E-state index contributed by atoms with van der Waals surface area (Å²) in [6, 6.07) is 0. The summed E-state index contributed by atoms with van der Waals surface area (Å²) in [6.07, 6.45) is 5.20. The molecule has 0 spiro atoms. The van der Waals surface area contributed by atoms with E-state index in [1.165, 1.54) is 29.9 Å². The largest absolute Gasteiger partial charge is 0.342 e. The van der Waals surface area contributed by atoms with Gasteiger partial charge in [-0.05, 0) is 13.2 Å². The van der Waals surface area contributed by atoms with Gasteiger partial charge in [0.15, 0.2) is 17.1 Å². The van der Waals surface area contributed by atoms with E-state index in [2.05, 4.69) is 20.3 Å². The number of amidine groups is 1. The smallest absolute Gasteiger partial charge is 0.190 e. The number of thioether (sulfide) groups is 2. The molecule has 8 heteroatoms. The molecule has 19 heavy (non-hydrogen) atoms. The van der Waals surface area contributed by atoms with E-state index in [4.69, 9.17) is 5.26 Å². The zero-order chi connectivity index (χ0) is 14.1. The zero-order valence-electron chi connectivity index (χ0n) is 10.8. The van der Waals surface area contributed by atoms with Crippen LogP contribution in [0.4, 0.5) is 0 Å². The molecule has 0 radical (unpaired) electrons. The van der Waals surface area contributed by atoms with Gasteiger partial charge in [-0.3, -0.25) is 15.1 Å².